The Morgan fingerprint density at radius 3 is 2.26 bits per heavy atom. The quantitative estimate of drug-likeness (QED) is 0.463. The van der Waals surface area contributed by atoms with E-state index >= 15 is 0 Å². The highest BCUT2D eigenvalue weighted by Crippen LogP contribution is 2.44. The molecular weight excluding hydrogens is 468 g/mol. The maximum absolute atomic E-state index is 12.8. The second-order valence-electron chi connectivity index (χ2n) is 7.94. The van der Waals surface area contributed by atoms with Gasteiger partial charge in [0.25, 0.3) is 5.91 Å². The maximum Gasteiger partial charge on any atom is 0.411 e. The molecule has 0 radical (unpaired) electrons. The van der Waals surface area contributed by atoms with Gasteiger partial charge < -0.3 is 14.7 Å². The molecule has 3 aromatic rings. The number of carbonyl (C=O) groups excluding carboxylic acids is 2. The number of nitrogens with zero attached hydrogens (tertiary/aromatic N) is 1. The summed E-state index contributed by atoms with van der Waals surface area (Å²) < 4.78 is 5.53. The third-order valence-corrected chi connectivity index (χ3v) is 5.85. The van der Waals surface area contributed by atoms with Gasteiger partial charge in [0.2, 0.25) is 0 Å². The number of hydrogen-bond acceptors (Lipinski definition) is 4. The summed E-state index contributed by atoms with van der Waals surface area (Å²) in [5.41, 5.74) is 4.73. The molecule has 4 rings (SSSR count). The van der Waals surface area contributed by atoms with E-state index < -0.39 is 24.5 Å². The lowest BCUT2D eigenvalue weighted by Crippen LogP contribution is -2.36. The van der Waals surface area contributed by atoms with Gasteiger partial charge in [-0.15, -0.1) is 6.42 Å². The van der Waals surface area contributed by atoms with Crippen molar-refractivity contribution in [2.24, 2.45) is 0 Å². The van der Waals surface area contributed by atoms with Gasteiger partial charge in [-0.1, -0.05) is 66.1 Å². The van der Waals surface area contributed by atoms with Gasteiger partial charge in [0, 0.05) is 22.2 Å². The molecule has 8 heteroatoms. The molecule has 2 amide bonds. The molecule has 7 nitrogen and oxygen atoms in total. The third-order valence-electron chi connectivity index (χ3n) is 5.63. The summed E-state index contributed by atoms with van der Waals surface area (Å²) in [5.74, 6) is 0.340. The zero-order chi connectivity index (χ0) is 24.9. The van der Waals surface area contributed by atoms with Crippen molar-refractivity contribution in [3.8, 4) is 23.5 Å². The summed E-state index contributed by atoms with van der Waals surface area (Å²) >= 11 is 6.14. The number of carboxylic acids is 1. The first kappa shape index (κ1) is 23.9. The first-order chi connectivity index (χ1) is 16.9. The number of nitrogens with one attached hydrogen (secondary N) is 1. The Balaban J connectivity index is 1.47. The molecule has 0 unspecified atom stereocenters. The summed E-state index contributed by atoms with van der Waals surface area (Å²) in [6, 6.07) is 20.2. The van der Waals surface area contributed by atoms with Gasteiger partial charge in [-0.3, -0.25) is 14.9 Å². The predicted molar refractivity (Wildman–Crippen MR) is 133 cm³/mol. The monoisotopic (exact) mass is 488 g/mol. The van der Waals surface area contributed by atoms with Crippen LogP contribution in [0.4, 0.5) is 10.5 Å². The van der Waals surface area contributed by atoms with Gasteiger partial charge in [0.05, 0.1) is 6.54 Å². The number of hydrogen-bond donors (Lipinski definition) is 2. The van der Waals surface area contributed by atoms with Crippen molar-refractivity contribution >= 4 is 35.3 Å². The van der Waals surface area contributed by atoms with E-state index in [2.05, 4.69) is 11.2 Å². The van der Waals surface area contributed by atoms with E-state index in [1.165, 1.54) is 18.2 Å². The minimum absolute atomic E-state index is 0.0861. The number of fused-ring (bicyclic) bond motifs is 3. The van der Waals surface area contributed by atoms with Crippen molar-refractivity contribution in [1.82, 2.24) is 4.90 Å². The number of anilines is 1. The molecule has 2 N–H and O–H groups in total. The lowest BCUT2D eigenvalue weighted by Gasteiger charge is -2.19. The van der Waals surface area contributed by atoms with Gasteiger partial charge in [-0.25, -0.2) is 4.79 Å². The minimum atomic E-state index is -1.20. The lowest BCUT2D eigenvalue weighted by atomic mass is 9.98. The van der Waals surface area contributed by atoms with E-state index in [-0.39, 0.29) is 35.3 Å². The van der Waals surface area contributed by atoms with Gasteiger partial charge in [-0.2, -0.15) is 0 Å². The molecule has 0 heterocycles. The van der Waals surface area contributed by atoms with E-state index in [0.717, 1.165) is 27.2 Å². The molecule has 1 aliphatic rings. The number of terminal acetylenes is 1. The Morgan fingerprint density at radius 1 is 1.03 bits per heavy atom. The Hall–Kier alpha value is -4.28. The topological polar surface area (TPSA) is 95.9 Å². The molecule has 3 aromatic carbocycles. The first-order valence-electron chi connectivity index (χ1n) is 10.7. The molecular formula is C27H21ClN2O5. The van der Waals surface area contributed by atoms with E-state index in [1.807, 2.05) is 48.5 Å². The zero-order valence-electron chi connectivity index (χ0n) is 18.5. The van der Waals surface area contributed by atoms with Crippen molar-refractivity contribution in [3.05, 3.63) is 88.4 Å². The summed E-state index contributed by atoms with van der Waals surface area (Å²) in [7, 11) is 0. The van der Waals surface area contributed by atoms with Crippen LogP contribution in [0.1, 0.15) is 27.4 Å². The molecule has 0 saturated heterocycles. The molecule has 0 bridgehead atoms. The minimum Gasteiger partial charge on any atom is -0.480 e. The maximum atomic E-state index is 12.8. The van der Waals surface area contributed by atoms with Crippen LogP contribution in [0.25, 0.3) is 11.1 Å². The number of amides is 2. The second-order valence-corrected chi connectivity index (χ2v) is 8.37. The number of carboxylic acid groups (broad SMARTS) is 1. The predicted octanol–water partition coefficient (Wildman–Crippen LogP) is 4.86. The molecule has 0 aromatic heterocycles. The van der Waals surface area contributed by atoms with Crippen LogP contribution in [0.5, 0.6) is 0 Å². The highest BCUT2D eigenvalue weighted by molar-refractivity contribution is 6.31. The Bertz CT molecular complexity index is 1300. The largest absolute Gasteiger partial charge is 0.480 e. The van der Waals surface area contributed by atoms with Crippen LogP contribution in [0, 0.1) is 12.3 Å². The summed E-state index contributed by atoms with van der Waals surface area (Å²) in [6.45, 7) is -0.627. The van der Waals surface area contributed by atoms with Gasteiger partial charge in [-0.05, 0) is 40.5 Å². The molecule has 0 saturated carbocycles. The van der Waals surface area contributed by atoms with Crippen LogP contribution >= 0.6 is 11.6 Å². The Kier molecular flexibility index (Phi) is 7.04. The Morgan fingerprint density at radius 2 is 1.66 bits per heavy atom. The smallest absolute Gasteiger partial charge is 0.411 e. The van der Waals surface area contributed by atoms with Gasteiger partial charge in [0.15, 0.2) is 0 Å². The van der Waals surface area contributed by atoms with Gasteiger partial charge in [0.1, 0.15) is 13.2 Å². The fourth-order valence-electron chi connectivity index (χ4n) is 4.19. The van der Waals surface area contributed by atoms with Crippen LogP contribution in [0.15, 0.2) is 66.7 Å². The number of aliphatic carboxylic acids is 1. The molecule has 176 valence electrons. The summed E-state index contributed by atoms with van der Waals surface area (Å²) in [6.07, 6.45) is 4.55. The fraction of sp³-hybridized carbons (Fsp3) is 0.148. The number of halogens is 1. The highest BCUT2D eigenvalue weighted by Gasteiger charge is 2.29. The molecule has 0 spiro atoms. The van der Waals surface area contributed by atoms with E-state index in [4.69, 9.17) is 27.9 Å². The standard InChI is InChI=1S/C27H21ClN2O5/c1-2-11-30(15-25(31)32)26(33)17-12-18(28)14-19(13-17)29-27(34)35-16-24-22-9-5-3-7-20(22)21-8-4-6-10-23(21)24/h1,3-10,12-14,24H,11,15-16H2,(H,29,34)(H,31,32). The average Bonchev–Trinajstić information content (AvgIpc) is 3.15. The summed E-state index contributed by atoms with van der Waals surface area (Å²) in [4.78, 5) is 37.4. The average molecular weight is 489 g/mol. The normalized spacial score (nSPS) is 11.7. The highest BCUT2D eigenvalue weighted by atomic mass is 35.5. The number of rotatable bonds is 7. The molecule has 0 atom stereocenters. The van der Waals surface area contributed by atoms with Crippen LogP contribution in [-0.4, -0.2) is 47.7 Å². The summed E-state index contributed by atoms with van der Waals surface area (Å²) in [5, 5.41) is 11.8. The third kappa shape index (κ3) is 5.29. The van der Waals surface area contributed by atoms with Crippen molar-refractivity contribution in [3.63, 3.8) is 0 Å². The molecule has 1 aliphatic carbocycles. The molecule has 0 fully saturated rings. The fourth-order valence-corrected chi connectivity index (χ4v) is 4.43. The lowest BCUT2D eigenvalue weighted by molar-refractivity contribution is -0.137. The molecule has 0 aliphatic heterocycles. The second kappa shape index (κ2) is 10.3. The van der Waals surface area contributed by atoms with Gasteiger partial charge >= 0.3 is 12.1 Å². The van der Waals surface area contributed by atoms with E-state index in [9.17, 15) is 14.4 Å². The van der Waals surface area contributed by atoms with Crippen molar-refractivity contribution in [2.45, 2.75) is 5.92 Å². The first-order valence-corrected chi connectivity index (χ1v) is 11.1. The SMILES string of the molecule is C#CCN(CC(=O)O)C(=O)c1cc(Cl)cc(NC(=O)OCC2c3ccccc3-c3ccccc32)c1. The Labute approximate surface area is 207 Å². The van der Waals surface area contributed by atoms with E-state index in [1.54, 1.807) is 0 Å². The van der Waals surface area contributed by atoms with Crippen LogP contribution in [0.3, 0.4) is 0 Å². The number of benzene rings is 3. The number of carbonyl (C=O) groups is 3. The van der Waals surface area contributed by atoms with Crippen molar-refractivity contribution in [2.75, 3.05) is 25.0 Å². The van der Waals surface area contributed by atoms with Crippen molar-refractivity contribution < 1.29 is 24.2 Å². The van der Waals surface area contributed by atoms with E-state index in [0.29, 0.717) is 0 Å². The van der Waals surface area contributed by atoms with Crippen molar-refractivity contribution in [1.29, 1.82) is 0 Å². The zero-order valence-corrected chi connectivity index (χ0v) is 19.3. The van der Waals surface area contributed by atoms with Crippen LogP contribution < -0.4 is 5.32 Å². The van der Waals surface area contributed by atoms with Crippen LogP contribution in [-0.2, 0) is 9.53 Å². The number of ether oxygens (including phenoxy) is 1. The molecule has 35 heavy (non-hydrogen) atoms. The van der Waals surface area contributed by atoms with Crippen LogP contribution in [0.2, 0.25) is 5.02 Å².